The predicted octanol–water partition coefficient (Wildman–Crippen LogP) is 3.80. The minimum Gasteiger partial charge on any atom is -0.444 e. The van der Waals surface area contributed by atoms with Gasteiger partial charge in [-0.05, 0) is 51.3 Å². The van der Waals surface area contributed by atoms with Crippen LogP contribution in [-0.2, 0) is 11.2 Å². The predicted molar refractivity (Wildman–Crippen MR) is 81.2 cm³/mol. The van der Waals surface area contributed by atoms with Crippen molar-refractivity contribution in [1.82, 2.24) is 5.32 Å². The minimum atomic E-state index is -0.560. The summed E-state index contributed by atoms with van der Waals surface area (Å²) in [6.45, 7) is 5.36. The van der Waals surface area contributed by atoms with Crippen LogP contribution >= 0.6 is 15.9 Å². The molecule has 0 bridgehead atoms. The molecule has 0 aliphatic rings. The molecule has 0 aliphatic carbocycles. The molecular weight excluding hydrogens is 320 g/mol. The van der Waals surface area contributed by atoms with Crippen LogP contribution in [0.25, 0.3) is 0 Å². The van der Waals surface area contributed by atoms with Gasteiger partial charge in [-0.2, -0.15) is 5.26 Å². The third-order valence-electron chi connectivity index (χ3n) is 2.48. The van der Waals surface area contributed by atoms with Gasteiger partial charge in [-0.1, -0.05) is 28.1 Å². The minimum absolute atomic E-state index is 0.548. The van der Waals surface area contributed by atoms with Gasteiger partial charge in [-0.15, -0.1) is 0 Å². The maximum atomic E-state index is 11.6. The highest BCUT2D eigenvalue weighted by molar-refractivity contribution is 9.10. The van der Waals surface area contributed by atoms with Crippen molar-refractivity contribution in [2.75, 3.05) is 0 Å². The topological polar surface area (TPSA) is 62.1 Å². The molecule has 1 amide bonds. The van der Waals surface area contributed by atoms with Crippen LogP contribution in [0.2, 0.25) is 0 Å². The highest BCUT2D eigenvalue weighted by Crippen LogP contribution is 2.13. The van der Waals surface area contributed by atoms with Crippen LogP contribution < -0.4 is 5.32 Å². The van der Waals surface area contributed by atoms with E-state index in [0.717, 1.165) is 16.5 Å². The summed E-state index contributed by atoms with van der Waals surface area (Å²) in [5.41, 5.74) is 0.565. The highest BCUT2D eigenvalue weighted by Gasteiger charge is 2.19. The second kappa shape index (κ2) is 7.30. The molecule has 0 aromatic heterocycles. The van der Waals surface area contributed by atoms with Crippen LogP contribution in [0.5, 0.6) is 0 Å². The van der Waals surface area contributed by atoms with Crippen LogP contribution in [-0.4, -0.2) is 17.7 Å². The summed E-state index contributed by atoms with van der Waals surface area (Å²) in [5.74, 6) is 0. The molecule has 1 N–H and O–H groups in total. The number of alkyl carbamates (subject to hydrolysis) is 1. The van der Waals surface area contributed by atoms with Crippen molar-refractivity contribution in [3.8, 4) is 6.07 Å². The number of nitrogens with zero attached hydrogens (tertiary/aromatic N) is 1. The lowest BCUT2D eigenvalue weighted by molar-refractivity contribution is 0.0514. The maximum absolute atomic E-state index is 11.6. The van der Waals surface area contributed by atoms with Crippen molar-refractivity contribution >= 4 is 22.0 Å². The molecule has 20 heavy (non-hydrogen) atoms. The molecule has 1 rings (SSSR count). The van der Waals surface area contributed by atoms with Gasteiger partial charge in [0.05, 0.1) is 6.07 Å². The molecule has 0 aliphatic heterocycles. The Bertz CT molecular complexity index is 486. The number of rotatable bonds is 4. The highest BCUT2D eigenvalue weighted by atomic mass is 79.9. The summed E-state index contributed by atoms with van der Waals surface area (Å²) < 4.78 is 6.15. The average molecular weight is 339 g/mol. The largest absolute Gasteiger partial charge is 0.444 e. The van der Waals surface area contributed by atoms with E-state index in [1.54, 1.807) is 20.8 Å². The summed E-state index contributed by atoms with van der Waals surface area (Å²) in [4.78, 5) is 11.6. The van der Waals surface area contributed by atoms with Gasteiger partial charge in [-0.25, -0.2) is 4.79 Å². The zero-order valence-electron chi connectivity index (χ0n) is 11.9. The quantitative estimate of drug-likeness (QED) is 0.908. The maximum Gasteiger partial charge on any atom is 0.408 e. The summed E-state index contributed by atoms with van der Waals surface area (Å²) in [7, 11) is 0. The number of nitrogens with one attached hydrogen (secondary N) is 1. The fourth-order valence-electron chi connectivity index (χ4n) is 1.58. The lowest BCUT2D eigenvalue weighted by Crippen LogP contribution is -2.38. The van der Waals surface area contributed by atoms with Crippen LogP contribution in [0.1, 0.15) is 32.8 Å². The van der Waals surface area contributed by atoms with Gasteiger partial charge in [0, 0.05) is 4.47 Å². The van der Waals surface area contributed by atoms with Crippen LogP contribution in [0.3, 0.4) is 0 Å². The molecule has 108 valence electrons. The third kappa shape index (κ3) is 6.58. The number of benzene rings is 1. The van der Waals surface area contributed by atoms with Crippen LogP contribution in [0, 0.1) is 11.3 Å². The van der Waals surface area contributed by atoms with E-state index >= 15 is 0 Å². The zero-order chi connectivity index (χ0) is 15.2. The Morgan fingerprint density at radius 1 is 1.40 bits per heavy atom. The Kier molecular flexibility index (Phi) is 6.03. The summed E-state index contributed by atoms with van der Waals surface area (Å²) in [6, 6.07) is 9.43. The molecule has 0 fully saturated rings. The first-order valence-electron chi connectivity index (χ1n) is 6.44. The molecular formula is C15H19BrN2O2. The SMILES string of the molecule is CC(C)(C)OC(=O)NC(C#N)CCc1ccc(Br)cc1. The Morgan fingerprint density at radius 3 is 2.50 bits per heavy atom. The second-order valence-electron chi connectivity index (χ2n) is 5.49. The van der Waals surface area contributed by atoms with Crippen LogP contribution in [0.4, 0.5) is 4.79 Å². The first-order chi connectivity index (χ1) is 9.30. The van der Waals surface area contributed by atoms with Gasteiger partial charge in [0.15, 0.2) is 0 Å². The van der Waals surface area contributed by atoms with Gasteiger partial charge in [-0.3, -0.25) is 0 Å². The fourth-order valence-corrected chi connectivity index (χ4v) is 1.85. The lowest BCUT2D eigenvalue weighted by atomic mass is 10.1. The lowest BCUT2D eigenvalue weighted by Gasteiger charge is -2.21. The molecule has 1 aromatic carbocycles. The van der Waals surface area contributed by atoms with E-state index in [9.17, 15) is 4.79 Å². The third-order valence-corrected chi connectivity index (χ3v) is 3.01. The first kappa shape index (κ1) is 16.5. The van der Waals surface area contributed by atoms with E-state index in [-0.39, 0.29) is 0 Å². The number of carbonyl (C=O) groups is 1. The van der Waals surface area contributed by atoms with E-state index < -0.39 is 17.7 Å². The molecule has 1 aromatic rings. The number of hydrogen-bond acceptors (Lipinski definition) is 3. The van der Waals surface area contributed by atoms with Crippen molar-refractivity contribution < 1.29 is 9.53 Å². The molecule has 1 atom stereocenters. The number of ether oxygens (including phenoxy) is 1. The summed E-state index contributed by atoms with van der Waals surface area (Å²) >= 11 is 3.37. The fraction of sp³-hybridized carbons (Fsp3) is 0.467. The number of nitriles is 1. The smallest absolute Gasteiger partial charge is 0.408 e. The zero-order valence-corrected chi connectivity index (χ0v) is 13.5. The Morgan fingerprint density at radius 2 is 2.00 bits per heavy atom. The van der Waals surface area contributed by atoms with Crippen molar-refractivity contribution in [2.24, 2.45) is 0 Å². The molecule has 0 spiro atoms. The number of carbonyl (C=O) groups excluding carboxylic acids is 1. The molecule has 1 unspecified atom stereocenters. The number of amides is 1. The van der Waals surface area contributed by atoms with E-state index in [1.165, 1.54) is 0 Å². The molecule has 0 saturated carbocycles. The van der Waals surface area contributed by atoms with Crippen LogP contribution in [0.15, 0.2) is 28.7 Å². The van der Waals surface area contributed by atoms with E-state index in [4.69, 9.17) is 10.00 Å². The molecule has 5 heteroatoms. The molecule has 0 saturated heterocycles. The van der Waals surface area contributed by atoms with Gasteiger partial charge >= 0.3 is 6.09 Å². The Balaban J connectivity index is 2.46. The molecule has 4 nitrogen and oxygen atoms in total. The number of aryl methyl sites for hydroxylation is 1. The average Bonchev–Trinajstić information content (AvgIpc) is 2.34. The van der Waals surface area contributed by atoms with Gasteiger partial charge in [0.2, 0.25) is 0 Å². The second-order valence-corrected chi connectivity index (χ2v) is 6.41. The van der Waals surface area contributed by atoms with Gasteiger partial charge in [0.1, 0.15) is 11.6 Å². The van der Waals surface area contributed by atoms with Crippen molar-refractivity contribution in [1.29, 1.82) is 5.26 Å². The summed E-state index contributed by atoms with van der Waals surface area (Å²) in [6.07, 6.45) is 0.721. The Hall–Kier alpha value is -1.54. The van der Waals surface area contributed by atoms with Crippen molar-refractivity contribution in [3.63, 3.8) is 0 Å². The first-order valence-corrected chi connectivity index (χ1v) is 7.23. The summed E-state index contributed by atoms with van der Waals surface area (Å²) in [5, 5.41) is 11.6. The standard InChI is InChI=1S/C15H19BrN2O2/c1-15(2,3)20-14(19)18-13(10-17)9-6-11-4-7-12(16)8-5-11/h4-5,7-8,13H,6,9H2,1-3H3,(H,18,19). The number of halogens is 1. The van der Waals surface area contributed by atoms with Gasteiger partial charge < -0.3 is 10.1 Å². The number of hydrogen-bond donors (Lipinski definition) is 1. The van der Waals surface area contributed by atoms with Gasteiger partial charge in [0.25, 0.3) is 0 Å². The van der Waals surface area contributed by atoms with E-state index in [2.05, 4.69) is 27.3 Å². The Labute approximate surface area is 128 Å². The van der Waals surface area contributed by atoms with Crippen molar-refractivity contribution in [3.05, 3.63) is 34.3 Å². The molecule has 0 radical (unpaired) electrons. The van der Waals surface area contributed by atoms with Crippen molar-refractivity contribution in [2.45, 2.75) is 45.3 Å². The van der Waals surface area contributed by atoms with E-state index in [0.29, 0.717) is 6.42 Å². The monoisotopic (exact) mass is 338 g/mol. The normalized spacial score (nSPS) is 12.3. The van der Waals surface area contributed by atoms with E-state index in [1.807, 2.05) is 24.3 Å². The molecule has 0 heterocycles.